The molecule has 1 fully saturated rings. The van der Waals surface area contributed by atoms with Crippen molar-refractivity contribution in [2.45, 2.75) is 13.0 Å². The van der Waals surface area contributed by atoms with Crippen molar-refractivity contribution in [3.05, 3.63) is 24.3 Å². The molecule has 2 aliphatic heterocycles. The fourth-order valence-corrected chi connectivity index (χ4v) is 2.57. The highest BCUT2D eigenvalue weighted by atomic mass is 16.5. The average Bonchev–Trinajstić information content (AvgIpc) is 2.52. The van der Waals surface area contributed by atoms with Crippen LogP contribution in [0.2, 0.25) is 0 Å². The molecule has 0 aliphatic carbocycles. The number of anilines is 1. The van der Waals surface area contributed by atoms with Crippen molar-refractivity contribution in [2.24, 2.45) is 0 Å². The molecule has 2 heterocycles. The van der Waals surface area contributed by atoms with Crippen LogP contribution in [0.4, 0.5) is 5.69 Å². The zero-order chi connectivity index (χ0) is 14.8. The average molecular weight is 290 g/mol. The molecule has 1 atom stereocenters. The van der Waals surface area contributed by atoms with E-state index >= 15 is 0 Å². The Hall–Kier alpha value is -2.08. The van der Waals surface area contributed by atoms with Crippen LogP contribution in [0.25, 0.3) is 0 Å². The number of para-hydroxylation sites is 2. The van der Waals surface area contributed by atoms with Crippen molar-refractivity contribution in [3.63, 3.8) is 0 Å². The van der Waals surface area contributed by atoms with Crippen molar-refractivity contribution < 1.29 is 19.1 Å². The highest BCUT2D eigenvalue weighted by molar-refractivity contribution is 6.03. The maximum atomic E-state index is 12.4. The lowest BCUT2D eigenvalue weighted by Crippen LogP contribution is -2.51. The number of nitrogens with zero attached hydrogens (tertiary/aromatic N) is 2. The Morgan fingerprint density at radius 3 is 2.76 bits per heavy atom. The van der Waals surface area contributed by atoms with Gasteiger partial charge in [0.25, 0.3) is 5.91 Å². The predicted octanol–water partition coefficient (Wildman–Crippen LogP) is 0.659. The molecule has 6 heteroatoms. The topological polar surface area (TPSA) is 59.1 Å². The van der Waals surface area contributed by atoms with Crippen LogP contribution in [0.1, 0.15) is 6.92 Å². The van der Waals surface area contributed by atoms with E-state index in [1.807, 2.05) is 18.2 Å². The number of hydrogen-bond donors (Lipinski definition) is 0. The molecule has 0 saturated carbocycles. The summed E-state index contributed by atoms with van der Waals surface area (Å²) >= 11 is 0. The summed E-state index contributed by atoms with van der Waals surface area (Å²) in [7, 11) is 0. The third-order valence-electron chi connectivity index (χ3n) is 3.73. The SMILES string of the molecule is C[C@H]1Oc2ccccc2N(CC(=O)N2CCOCC2)C1=O. The van der Waals surface area contributed by atoms with Gasteiger partial charge in [-0.1, -0.05) is 12.1 Å². The molecule has 0 spiro atoms. The Morgan fingerprint density at radius 2 is 2.00 bits per heavy atom. The Kier molecular flexibility index (Phi) is 3.79. The van der Waals surface area contributed by atoms with E-state index in [2.05, 4.69) is 0 Å². The normalized spacial score (nSPS) is 21.8. The molecule has 0 bridgehead atoms. The molecular formula is C15H18N2O4. The van der Waals surface area contributed by atoms with E-state index in [-0.39, 0.29) is 18.4 Å². The summed E-state index contributed by atoms with van der Waals surface area (Å²) in [5.74, 6) is 0.394. The molecule has 1 aromatic carbocycles. The number of hydrogen-bond acceptors (Lipinski definition) is 4. The summed E-state index contributed by atoms with van der Waals surface area (Å²) in [5, 5.41) is 0. The fraction of sp³-hybridized carbons (Fsp3) is 0.467. The highest BCUT2D eigenvalue weighted by Gasteiger charge is 2.33. The van der Waals surface area contributed by atoms with Gasteiger partial charge in [-0.15, -0.1) is 0 Å². The van der Waals surface area contributed by atoms with Crippen LogP contribution in [0.15, 0.2) is 24.3 Å². The molecule has 21 heavy (non-hydrogen) atoms. The number of rotatable bonds is 2. The van der Waals surface area contributed by atoms with Gasteiger partial charge in [0.05, 0.1) is 18.9 Å². The molecule has 0 N–H and O–H groups in total. The molecule has 112 valence electrons. The summed E-state index contributed by atoms with van der Waals surface area (Å²) in [6.45, 7) is 4.00. The van der Waals surface area contributed by atoms with Crippen molar-refractivity contribution in [2.75, 3.05) is 37.7 Å². The van der Waals surface area contributed by atoms with Gasteiger partial charge in [-0.05, 0) is 19.1 Å². The first kappa shape index (κ1) is 13.9. The number of fused-ring (bicyclic) bond motifs is 1. The van der Waals surface area contributed by atoms with Gasteiger partial charge in [-0.2, -0.15) is 0 Å². The molecule has 3 rings (SSSR count). The van der Waals surface area contributed by atoms with Crippen molar-refractivity contribution >= 4 is 17.5 Å². The predicted molar refractivity (Wildman–Crippen MR) is 76.3 cm³/mol. The molecule has 2 aliphatic rings. The van der Waals surface area contributed by atoms with Gasteiger partial charge in [0.15, 0.2) is 6.10 Å². The smallest absolute Gasteiger partial charge is 0.268 e. The second-order valence-corrected chi connectivity index (χ2v) is 5.15. The molecule has 6 nitrogen and oxygen atoms in total. The Morgan fingerprint density at radius 1 is 1.29 bits per heavy atom. The summed E-state index contributed by atoms with van der Waals surface area (Å²) in [6.07, 6.45) is -0.572. The molecule has 1 saturated heterocycles. The first-order chi connectivity index (χ1) is 10.2. The number of carbonyl (C=O) groups is 2. The lowest BCUT2D eigenvalue weighted by atomic mass is 10.2. The van der Waals surface area contributed by atoms with E-state index in [0.29, 0.717) is 37.7 Å². The van der Waals surface area contributed by atoms with Gasteiger partial charge < -0.3 is 14.4 Å². The first-order valence-electron chi connectivity index (χ1n) is 7.09. The van der Waals surface area contributed by atoms with E-state index in [1.54, 1.807) is 17.9 Å². The number of carbonyl (C=O) groups excluding carboxylic acids is 2. The van der Waals surface area contributed by atoms with Gasteiger partial charge in [-0.25, -0.2) is 0 Å². The van der Waals surface area contributed by atoms with Gasteiger partial charge in [-0.3, -0.25) is 14.5 Å². The summed E-state index contributed by atoms with van der Waals surface area (Å²) in [4.78, 5) is 27.9. The lowest BCUT2D eigenvalue weighted by Gasteiger charge is -2.34. The van der Waals surface area contributed by atoms with Crippen molar-refractivity contribution in [3.8, 4) is 5.75 Å². The highest BCUT2D eigenvalue weighted by Crippen LogP contribution is 2.33. The van der Waals surface area contributed by atoms with E-state index in [1.165, 1.54) is 4.90 Å². The maximum Gasteiger partial charge on any atom is 0.268 e. The van der Waals surface area contributed by atoms with Gasteiger partial charge in [0.2, 0.25) is 5.91 Å². The van der Waals surface area contributed by atoms with Crippen LogP contribution >= 0.6 is 0 Å². The molecule has 0 unspecified atom stereocenters. The monoisotopic (exact) mass is 290 g/mol. The minimum atomic E-state index is -0.572. The van der Waals surface area contributed by atoms with E-state index in [0.717, 1.165) is 0 Å². The van der Waals surface area contributed by atoms with Gasteiger partial charge in [0.1, 0.15) is 12.3 Å². The second-order valence-electron chi connectivity index (χ2n) is 5.15. The molecule has 1 aromatic rings. The van der Waals surface area contributed by atoms with Crippen molar-refractivity contribution in [1.82, 2.24) is 4.90 Å². The number of amides is 2. The first-order valence-corrected chi connectivity index (χ1v) is 7.09. The Labute approximate surface area is 123 Å². The minimum Gasteiger partial charge on any atom is -0.479 e. The quantitative estimate of drug-likeness (QED) is 0.803. The zero-order valence-corrected chi connectivity index (χ0v) is 11.9. The van der Waals surface area contributed by atoms with Crippen molar-refractivity contribution in [1.29, 1.82) is 0 Å². The van der Waals surface area contributed by atoms with Crippen LogP contribution < -0.4 is 9.64 Å². The second kappa shape index (κ2) is 5.73. The van der Waals surface area contributed by atoms with E-state index < -0.39 is 6.10 Å². The van der Waals surface area contributed by atoms with Crippen LogP contribution in [-0.4, -0.2) is 55.7 Å². The van der Waals surface area contributed by atoms with Crippen LogP contribution in [-0.2, 0) is 14.3 Å². The third kappa shape index (κ3) is 2.71. The number of morpholine rings is 1. The summed E-state index contributed by atoms with van der Waals surface area (Å²) in [6, 6.07) is 7.29. The van der Waals surface area contributed by atoms with E-state index in [4.69, 9.17) is 9.47 Å². The van der Waals surface area contributed by atoms with Crippen LogP contribution in [0.3, 0.4) is 0 Å². The van der Waals surface area contributed by atoms with E-state index in [9.17, 15) is 9.59 Å². The molecule has 0 radical (unpaired) electrons. The molecule has 2 amide bonds. The van der Waals surface area contributed by atoms with Crippen LogP contribution in [0.5, 0.6) is 5.75 Å². The third-order valence-corrected chi connectivity index (χ3v) is 3.73. The fourth-order valence-electron chi connectivity index (χ4n) is 2.57. The van der Waals surface area contributed by atoms with Crippen LogP contribution in [0, 0.1) is 0 Å². The minimum absolute atomic E-state index is 0.0452. The zero-order valence-electron chi connectivity index (χ0n) is 11.9. The largest absolute Gasteiger partial charge is 0.479 e. The number of benzene rings is 1. The molecule has 0 aromatic heterocycles. The summed E-state index contributed by atoms with van der Waals surface area (Å²) < 4.78 is 10.8. The Balaban J connectivity index is 1.80. The maximum absolute atomic E-state index is 12.4. The van der Waals surface area contributed by atoms with Gasteiger partial charge in [0, 0.05) is 13.1 Å². The Bertz CT molecular complexity index is 554. The summed E-state index contributed by atoms with van der Waals surface area (Å²) in [5.41, 5.74) is 0.655. The molecular weight excluding hydrogens is 272 g/mol. The standard InChI is InChI=1S/C15H18N2O4/c1-11-15(19)17(12-4-2-3-5-13(12)21-11)10-14(18)16-6-8-20-9-7-16/h2-5,11H,6-10H2,1H3/t11-/m1/s1. The lowest BCUT2D eigenvalue weighted by molar-refractivity contribution is -0.136. The van der Waals surface area contributed by atoms with Gasteiger partial charge >= 0.3 is 0 Å². The number of ether oxygens (including phenoxy) is 2.